The summed E-state index contributed by atoms with van der Waals surface area (Å²) >= 11 is 5.35. The number of hydrogen-bond acceptors (Lipinski definition) is 4. The first-order chi connectivity index (χ1) is 12.4. The van der Waals surface area contributed by atoms with Gasteiger partial charge in [-0.15, -0.1) is 0 Å². The molecule has 26 heavy (non-hydrogen) atoms. The van der Waals surface area contributed by atoms with Gasteiger partial charge in [-0.05, 0) is 42.3 Å². The van der Waals surface area contributed by atoms with Crippen molar-refractivity contribution in [3.8, 4) is 0 Å². The Labute approximate surface area is 162 Å². The fourth-order valence-electron chi connectivity index (χ4n) is 2.86. The molecule has 8 heteroatoms. The van der Waals surface area contributed by atoms with E-state index in [0.29, 0.717) is 55.3 Å². The molecule has 0 saturated carbocycles. The van der Waals surface area contributed by atoms with Gasteiger partial charge in [-0.25, -0.2) is 8.42 Å². The summed E-state index contributed by atoms with van der Waals surface area (Å²) in [6.07, 6.45) is 1.03. The van der Waals surface area contributed by atoms with Gasteiger partial charge in [0.25, 0.3) is 0 Å². The first-order valence-corrected chi connectivity index (χ1v) is 10.9. The smallest absolute Gasteiger partial charge is 0.243 e. The van der Waals surface area contributed by atoms with Crippen LogP contribution in [0.15, 0.2) is 29.2 Å². The molecule has 1 fully saturated rings. The molecule has 1 aliphatic heterocycles. The molecule has 0 unspecified atom stereocenters. The second-order valence-corrected chi connectivity index (χ2v) is 8.82. The molecule has 6 nitrogen and oxygen atoms in total. The fraction of sp³-hybridized carbons (Fsp3) is 0.611. The molecule has 0 bridgehead atoms. The Kier molecular flexibility index (Phi) is 7.82. The number of benzene rings is 1. The summed E-state index contributed by atoms with van der Waals surface area (Å²) in [5.41, 5.74) is 1.17. The molecule has 1 atom stereocenters. The molecule has 1 aromatic carbocycles. The summed E-state index contributed by atoms with van der Waals surface area (Å²) in [4.78, 5) is 2.36. The third kappa shape index (κ3) is 5.16. The highest BCUT2D eigenvalue weighted by Gasteiger charge is 2.29. The molecule has 0 spiro atoms. The molecular formula is C18H29N3O3S2. The number of methoxy groups -OCH3 is 1. The summed E-state index contributed by atoms with van der Waals surface area (Å²) in [7, 11) is -1.82. The van der Waals surface area contributed by atoms with Gasteiger partial charge in [0.05, 0.1) is 11.5 Å². The van der Waals surface area contributed by atoms with Gasteiger partial charge in [0.1, 0.15) is 0 Å². The van der Waals surface area contributed by atoms with Gasteiger partial charge in [0.15, 0.2) is 5.11 Å². The topological polar surface area (TPSA) is 61.9 Å². The third-order valence-corrected chi connectivity index (χ3v) is 7.12. The van der Waals surface area contributed by atoms with Gasteiger partial charge >= 0.3 is 0 Å². The normalized spacial score (nSPS) is 17.1. The molecule has 1 saturated heterocycles. The minimum Gasteiger partial charge on any atom is -0.383 e. The lowest BCUT2D eigenvalue weighted by Crippen LogP contribution is -2.53. The van der Waals surface area contributed by atoms with Crippen LogP contribution in [0.1, 0.15) is 31.7 Å². The van der Waals surface area contributed by atoms with Crippen LogP contribution in [0.4, 0.5) is 0 Å². The summed E-state index contributed by atoms with van der Waals surface area (Å²) in [6.45, 7) is 7.54. The maximum atomic E-state index is 12.9. The van der Waals surface area contributed by atoms with E-state index in [0.717, 1.165) is 6.42 Å². The molecule has 0 aromatic heterocycles. The van der Waals surface area contributed by atoms with Crippen LogP contribution >= 0.6 is 12.2 Å². The number of nitrogens with zero attached hydrogens (tertiary/aromatic N) is 2. The van der Waals surface area contributed by atoms with E-state index >= 15 is 0 Å². The van der Waals surface area contributed by atoms with Gasteiger partial charge in [-0.3, -0.25) is 0 Å². The van der Waals surface area contributed by atoms with Crippen molar-refractivity contribution in [2.75, 3.05) is 46.4 Å². The highest BCUT2D eigenvalue weighted by molar-refractivity contribution is 7.89. The number of piperazine rings is 1. The Bertz CT molecular complexity index is 684. The van der Waals surface area contributed by atoms with Crippen LogP contribution < -0.4 is 5.32 Å². The zero-order valence-electron chi connectivity index (χ0n) is 15.8. The van der Waals surface area contributed by atoms with Gasteiger partial charge in [-0.2, -0.15) is 4.31 Å². The molecule has 0 amide bonds. The first kappa shape index (κ1) is 21.1. The van der Waals surface area contributed by atoms with Crippen molar-refractivity contribution in [3.63, 3.8) is 0 Å². The molecule has 1 aliphatic rings. The van der Waals surface area contributed by atoms with Crippen LogP contribution in [-0.2, 0) is 14.8 Å². The van der Waals surface area contributed by atoms with Crippen molar-refractivity contribution in [2.45, 2.75) is 31.1 Å². The van der Waals surface area contributed by atoms with E-state index in [2.05, 4.69) is 19.2 Å². The average molecular weight is 400 g/mol. The SMILES string of the molecule is CC[C@H](C)c1ccc(S(=O)(=O)N2CCN(C(=S)NCCOC)CC2)cc1. The molecule has 0 radical (unpaired) electrons. The largest absolute Gasteiger partial charge is 0.383 e. The number of nitrogens with one attached hydrogen (secondary N) is 1. The molecule has 2 rings (SSSR count). The number of thiocarbonyl (C=S) groups is 1. The summed E-state index contributed by atoms with van der Waals surface area (Å²) in [5, 5.41) is 3.78. The number of rotatable bonds is 7. The first-order valence-electron chi connectivity index (χ1n) is 9.02. The predicted molar refractivity (Wildman–Crippen MR) is 108 cm³/mol. The van der Waals surface area contributed by atoms with Gasteiger partial charge < -0.3 is 15.0 Å². The fourth-order valence-corrected chi connectivity index (χ4v) is 4.56. The van der Waals surface area contributed by atoms with Gasteiger partial charge in [-0.1, -0.05) is 26.0 Å². The van der Waals surface area contributed by atoms with E-state index in [9.17, 15) is 8.42 Å². The zero-order valence-corrected chi connectivity index (χ0v) is 17.4. The number of hydrogen-bond donors (Lipinski definition) is 1. The standard InChI is InChI=1S/C18H29N3O3S2/c1-4-15(2)16-5-7-17(8-6-16)26(22,23)21-12-10-20(11-13-21)18(25)19-9-14-24-3/h5-8,15H,4,9-14H2,1-3H3,(H,19,25)/t15-/m0/s1. The summed E-state index contributed by atoms with van der Waals surface area (Å²) in [6, 6.07) is 7.29. The highest BCUT2D eigenvalue weighted by atomic mass is 32.2. The minimum atomic E-state index is -3.46. The van der Waals surface area contributed by atoms with Crippen LogP contribution in [0.2, 0.25) is 0 Å². The van der Waals surface area contributed by atoms with E-state index in [4.69, 9.17) is 17.0 Å². The highest BCUT2D eigenvalue weighted by Crippen LogP contribution is 2.23. The van der Waals surface area contributed by atoms with Crippen LogP contribution in [-0.4, -0.2) is 69.2 Å². The molecule has 1 aromatic rings. The lowest BCUT2D eigenvalue weighted by molar-refractivity contribution is 0.201. The Balaban J connectivity index is 1.96. The van der Waals surface area contributed by atoms with E-state index in [1.54, 1.807) is 23.5 Å². The Morgan fingerprint density at radius 1 is 1.23 bits per heavy atom. The Hall–Kier alpha value is -1.22. The molecule has 1 heterocycles. The minimum absolute atomic E-state index is 0.360. The molecule has 0 aliphatic carbocycles. The summed E-state index contributed by atoms with van der Waals surface area (Å²) < 4.78 is 32.3. The second kappa shape index (κ2) is 9.64. The van der Waals surface area contributed by atoms with E-state index in [1.807, 2.05) is 17.0 Å². The van der Waals surface area contributed by atoms with Gasteiger partial charge in [0, 0.05) is 39.8 Å². The summed E-state index contributed by atoms with van der Waals surface area (Å²) in [5.74, 6) is 0.432. The Morgan fingerprint density at radius 3 is 2.38 bits per heavy atom. The van der Waals surface area contributed by atoms with Crippen molar-refractivity contribution in [1.82, 2.24) is 14.5 Å². The van der Waals surface area contributed by atoms with Crippen LogP contribution in [0.25, 0.3) is 0 Å². The van der Waals surface area contributed by atoms with Crippen molar-refractivity contribution < 1.29 is 13.2 Å². The number of ether oxygens (including phenoxy) is 1. The van der Waals surface area contributed by atoms with Crippen molar-refractivity contribution >= 4 is 27.4 Å². The average Bonchev–Trinajstić information content (AvgIpc) is 2.67. The van der Waals surface area contributed by atoms with E-state index in [1.165, 1.54) is 5.56 Å². The maximum Gasteiger partial charge on any atom is 0.243 e. The Morgan fingerprint density at radius 2 is 1.85 bits per heavy atom. The zero-order chi connectivity index (χ0) is 19.2. The van der Waals surface area contributed by atoms with Crippen molar-refractivity contribution in [3.05, 3.63) is 29.8 Å². The van der Waals surface area contributed by atoms with Crippen LogP contribution in [0, 0.1) is 0 Å². The van der Waals surface area contributed by atoms with Gasteiger partial charge in [0.2, 0.25) is 10.0 Å². The quantitative estimate of drug-likeness (QED) is 0.559. The number of sulfonamides is 1. The third-order valence-electron chi connectivity index (χ3n) is 4.81. The van der Waals surface area contributed by atoms with Crippen molar-refractivity contribution in [2.24, 2.45) is 0 Å². The second-order valence-electron chi connectivity index (χ2n) is 6.49. The predicted octanol–water partition coefficient (Wildman–Crippen LogP) is 2.03. The van der Waals surface area contributed by atoms with Crippen molar-refractivity contribution in [1.29, 1.82) is 0 Å². The van der Waals surface area contributed by atoms with Crippen LogP contribution in [0.3, 0.4) is 0 Å². The van der Waals surface area contributed by atoms with E-state index < -0.39 is 10.0 Å². The van der Waals surface area contributed by atoms with Crippen LogP contribution in [0.5, 0.6) is 0 Å². The lowest BCUT2D eigenvalue weighted by atomic mass is 9.99. The molecular weight excluding hydrogens is 370 g/mol. The molecule has 1 N–H and O–H groups in total. The maximum absolute atomic E-state index is 12.9. The lowest BCUT2D eigenvalue weighted by Gasteiger charge is -2.35. The monoisotopic (exact) mass is 399 g/mol. The molecule has 146 valence electrons. The van der Waals surface area contributed by atoms with E-state index in [-0.39, 0.29) is 0 Å².